The van der Waals surface area contributed by atoms with Gasteiger partial charge in [-0.05, 0) is 30.0 Å². The Balaban J connectivity index is 2.04. The molecule has 102 valence electrons. The second kappa shape index (κ2) is 5.37. The van der Waals surface area contributed by atoms with Crippen LogP contribution in [0.2, 0.25) is 0 Å². The molecule has 0 amide bonds. The summed E-state index contributed by atoms with van der Waals surface area (Å²) >= 11 is 0. The van der Waals surface area contributed by atoms with E-state index in [0.717, 1.165) is 30.6 Å². The largest absolute Gasteiger partial charge is 0.479 e. The highest BCUT2D eigenvalue weighted by Gasteiger charge is 2.30. The first kappa shape index (κ1) is 12.7. The number of para-hydroxylation sites is 1. The highest BCUT2D eigenvalue weighted by molar-refractivity contribution is 5.81. The molecule has 0 radical (unpaired) electrons. The van der Waals surface area contributed by atoms with E-state index in [2.05, 4.69) is 6.07 Å². The lowest BCUT2D eigenvalue weighted by molar-refractivity contribution is -0.138. The monoisotopic (exact) mass is 267 g/mol. The van der Waals surface area contributed by atoms with Crippen LogP contribution >= 0.6 is 0 Å². The van der Waals surface area contributed by atoms with Gasteiger partial charge in [0.25, 0.3) is 0 Å². The molecule has 2 aromatic rings. The van der Waals surface area contributed by atoms with Gasteiger partial charge in [-0.15, -0.1) is 0 Å². The molecule has 1 unspecified atom stereocenters. The average molecular weight is 267 g/mol. The van der Waals surface area contributed by atoms with Crippen molar-refractivity contribution in [3.8, 4) is 0 Å². The van der Waals surface area contributed by atoms with E-state index in [4.69, 9.17) is 0 Å². The van der Waals surface area contributed by atoms with Crippen molar-refractivity contribution in [2.24, 2.45) is 0 Å². The van der Waals surface area contributed by atoms with E-state index in [-0.39, 0.29) is 0 Å². The predicted octanol–water partition coefficient (Wildman–Crippen LogP) is 3.27. The summed E-state index contributed by atoms with van der Waals surface area (Å²) in [5.41, 5.74) is 3.12. The van der Waals surface area contributed by atoms with Gasteiger partial charge in [-0.3, -0.25) is 0 Å². The molecular weight excluding hydrogens is 250 g/mol. The summed E-state index contributed by atoms with van der Waals surface area (Å²) in [7, 11) is 0. The Morgan fingerprint density at radius 3 is 2.50 bits per heavy atom. The molecular formula is C17H17NO2. The van der Waals surface area contributed by atoms with Gasteiger partial charge in [0.1, 0.15) is 0 Å². The molecule has 1 atom stereocenters. The second-order valence-corrected chi connectivity index (χ2v) is 5.08. The maximum absolute atomic E-state index is 11.8. The molecule has 2 aromatic carbocycles. The van der Waals surface area contributed by atoms with Gasteiger partial charge in [-0.25, -0.2) is 4.79 Å². The average Bonchev–Trinajstić information content (AvgIpc) is 2.48. The number of carboxylic acid groups (broad SMARTS) is 1. The maximum Gasteiger partial charge on any atom is 0.331 e. The minimum Gasteiger partial charge on any atom is -0.479 e. The predicted molar refractivity (Wildman–Crippen MR) is 78.9 cm³/mol. The highest BCUT2D eigenvalue weighted by Crippen LogP contribution is 2.34. The van der Waals surface area contributed by atoms with Gasteiger partial charge in [0.15, 0.2) is 6.04 Å². The molecule has 1 aliphatic rings. The Morgan fingerprint density at radius 1 is 1.05 bits per heavy atom. The van der Waals surface area contributed by atoms with Gasteiger partial charge in [0.2, 0.25) is 0 Å². The van der Waals surface area contributed by atoms with Crippen molar-refractivity contribution in [1.29, 1.82) is 0 Å². The zero-order chi connectivity index (χ0) is 13.9. The minimum absolute atomic E-state index is 0.613. The first-order valence-corrected chi connectivity index (χ1v) is 6.89. The first-order valence-electron chi connectivity index (χ1n) is 6.89. The van der Waals surface area contributed by atoms with Crippen molar-refractivity contribution in [2.45, 2.75) is 18.9 Å². The molecule has 0 aromatic heterocycles. The van der Waals surface area contributed by atoms with E-state index in [0.29, 0.717) is 0 Å². The summed E-state index contributed by atoms with van der Waals surface area (Å²) < 4.78 is 0. The molecule has 20 heavy (non-hydrogen) atoms. The number of rotatable bonds is 3. The normalized spacial score (nSPS) is 15.5. The number of hydrogen-bond acceptors (Lipinski definition) is 2. The Bertz CT molecular complexity index is 609. The molecule has 0 saturated heterocycles. The highest BCUT2D eigenvalue weighted by atomic mass is 16.4. The molecule has 0 fully saturated rings. The van der Waals surface area contributed by atoms with Crippen LogP contribution in [0.3, 0.4) is 0 Å². The minimum atomic E-state index is -0.798. The number of carboxylic acids is 1. The van der Waals surface area contributed by atoms with Crippen molar-refractivity contribution in [3.63, 3.8) is 0 Å². The molecule has 1 aliphatic heterocycles. The summed E-state index contributed by atoms with van der Waals surface area (Å²) in [5, 5.41) is 9.66. The number of carbonyl (C=O) groups is 1. The number of aliphatic carboxylic acids is 1. The third kappa shape index (κ3) is 2.27. The van der Waals surface area contributed by atoms with Gasteiger partial charge in [0.05, 0.1) is 0 Å². The third-order valence-corrected chi connectivity index (χ3v) is 3.81. The fraction of sp³-hybridized carbons (Fsp3) is 0.235. The molecule has 3 nitrogen and oxygen atoms in total. The van der Waals surface area contributed by atoms with Gasteiger partial charge in [0, 0.05) is 12.2 Å². The van der Waals surface area contributed by atoms with E-state index in [1.54, 1.807) is 0 Å². The van der Waals surface area contributed by atoms with Crippen LogP contribution in [-0.4, -0.2) is 17.6 Å². The molecule has 3 rings (SSSR count). The van der Waals surface area contributed by atoms with Crippen molar-refractivity contribution < 1.29 is 9.90 Å². The van der Waals surface area contributed by atoms with Crippen molar-refractivity contribution in [2.75, 3.05) is 11.4 Å². The van der Waals surface area contributed by atoms with E-state index in [9.17, 15) is 9.90 Å². The van der Waals surface area contributed by atoms with Crippen LogP contribution in [0.4, 0.5) is 5.69 Å². The quantitative estimate of drug-likeness (QED) is 0.928. The van der Waals surface area contributed by atoms with Gasteiger partial charge in [-0.2, -0.15) is 0 Å². The zero-order valence-electron chi connectivity index (χ0n) is 11.2. The van der Waals surface area contributed by atoms with E-state index < -0.39 is 12.0 Å². The zero-order valence-corrected chi connectivity index (χ0v) is 11.2. The molecule has 0 aliphatic carbocycles. The van der Waals surface area contributed by atoms with Crippen molar-refractivity contribution in [1.82, 2.24) is 0 Å². The fourth-order valence-electron chi connectivity index (χ4n) is 2.92. The lowest BCUT2D eigenvalue weighted by Gasteiger charge is -2.36. The third-order valence-electron chi connectivity index (χ3n) is 3.81. The van der Waals surface area contributed by atoms with Gasteiger partial charge < -0.3 is 10.0 Å². The lowest BCUT2D eigenvalue weighted by atomic mass is 9.97. The molecule has 0 saturated carbocycles. The summed E-state index contributed by atoms with van der Waals surface area (Å²) in [6.07, 6.45) is 2.02. The van der Waals surface area contributed by atoms with Gasteiger partial charge in [-0.1, -0.05) is 48.5 Å². The summed E-state index contributed by atoms with van der Waals surface area (Å²) in [4.78, 5) is 13.8. The Labute approximate surface area is 118 Å². The molecule has 3 heteroatoms. The second-order valence-electron chi connectivity index (χ2n) is 5.08. The van der Waals surface area contributed by atoms with Gasteiger partial charge >= 0.3 is 5.97 Å². The number of nitrogens with zero attached hydrogens (tertiary/aromatic N) is 1. The lowest BCUT2D eigenvalue weighted by Crippen LogP contribution is -2.37. The van der Waals surface area contributed by atoms with Crippen LogP contribution in [0.25, 0.3) is 0 Å². The number of anilines is 1. The number of hydrogen-bond donors (Lipinski definition) is 1. The summed E-state index contributed by atoms with van der Waals surface area (Å²) in [6.45, 7) is 0.781. The topological polar surface area (TPSA) is 40.5 Å². The Morgan fingerprint density at radius 2 is 1.75 bits per heavy atom. The fourth-order valence-corrected chi connectivity index (χ4v) is 2.92. The van der Waals surface area contributed by atoms with Crippen LogP contribution in [0.5, 0.6) is 0 Å². The summed E-state index contributed by atoms with van der Waals surface area (Å²) in [6, 6.07) is 16.9. The standard InChI is InChI=1S/C17H17NO2/c19-17(20)16(14-8-2-1-3-9-14)18-12-6-10-13-7-4-5-11-15(13)18/h1-5,7-9,11,16H,6,10,12H2,(H,19,20). The molecule has 1 heterocycles. The van der Waals surface area contributed by atoms with E-state index in [1.165, 1.54) is 5.56 Å². The van der Waals surface area contributed by atoms with Crippen LogP contribution in [0.15, 0.2) is 54.6 Å². The van der Waals surface area contributed by atoms with Crippen LogP contribution in [0.1, 0.15) is 23.6 Å². The number of benzene rings is 2. The maximum atomic E-state index is 11.8. The summed E-state index contributed by atoms with van der Waals surface area (Å²) in [5.74, 6) is -0.798. The first-order chi connectivity index (χ1) is 9.77. The smallest absolute Gasteiger partial charge is 0.331 e. The Kier molecular flexibility index (Phi) is 3.42. The van der Waals surface area contributed by atoms with Crippen molar-refractivity contribution in [3.05, 3.63) is 65.7 Å². The molecule has 0 bridgehead atoms. The number of fused-ring (bicyclic) bond motifs is 1. The van der Waals surface area contributed by atoms with Crippen LogP contribution < -0.4 is 4.90 Å². The van der Waals surface area contributed by atoms with Crippen LogP contribution in [0, 0.1) is 0 Å². The van der Waals surface area contributed by atoms with E-state index in [1.807, 2.05) is 53.4 Å². The van der Waals surface area contributed by atoms with Crippen LogP contribution in [-0.2, 0) is 11.2 Å². The van der Waals surface area contributed by atoms with Crippen molar-refractivity contribution >= 4 is 11.7 Å². The SMILES string of the molecule is O=C(O)C(c1ccccc1)N1CCCc2ccccc21. The van der Waals surface area contributed by atoms with E-state index >= 15 is 0 Å². The Hall–Kier alpha value is -2.29. The molecule has 1 N–H and O–H groups in total. The number of aryl methyl sites for hydroxylation is 1. The molecule has 0 spiro atoms.